The second-order valence-electron chi connectivity index (χ2n) is 6.30. The molecule has 2 aromatic heterocycles. The van der Waals surface area contributed by atoms with Gasteiger partial charge in [-0.3, -0.25) is 4.79 Å². The maximum absolute atomic E-state index is 12.9. The maximum atomic E-state index is 12.9. The molecule has 1 saturated heterocycles. The number of nitrogens with zero attached hydrogens (tertiary/aromatic N) is 4. The van der Waals surface area contributed by atoms with Crippen molar-refractivity contribution in [2.75, 3.05) is 13.1 Å². The van der Waals surface area contributed by atoms with Crippen LogP contribution in [-0.2, 0) is 7.05 Å². The first-order valence-corrected chi connectivity index (χ1v) is 8.56. The number of likely N-dealkylation sites (tertiary alicyclic amines) is 1. The number of pyridine rings is 1. The van der Waals surface area contributed by atoms with Crippen molar-refractivity contribution in [2.45, 2.75) is 19.3 Å². The van der Waals surface area contributed by atoms with Crippen LogP contribution in [0.1, 0.15) is 29.6 Å². The van der Waals surface area contributed by atoms with Crippen LogP contribution >= 0.6 is 0 Å². The number of imidazole rings is 1. The van der Waals surface area contributed by atoms with Gasteiger partial charge < -0.3 is 14.2 Å². The largest absolute Gasteiger partial charge is 0.437 e. The summed E-state index contributed by atoms with van der Waals surface area (Å²) in [6.07, 6.45) is 6.61. The van der Waals surface area contributed by atoms with E-state index in [-0.39, 0.29) is 5.91 Å². The normalized spacial score (nSPS) is 14.7. The summed E-state index contributed by atoms with van der Waals surface area (Å²) in [5.41, 5.74) is 1.95. The summed E-state index contributed by atoms with van der Waals surface area (Å²) < 4.78 is 7.73. The third kappa shape index (κ3) is 2.95. The van der Waals surface area contributed by atoms with E-state index >= 15 is 0 Å². The lowest BCUT2D eigenvalue weighted by molar-refractivity contribution is 0.0725. The molecular formula is C19H20N4O2. The first-order valence-electron chi connectivity index (χ1n) is 8.56. The molecule has 0 saturated carbocycles. The van der Waals surface area contributed by atoms with Gasteiger partial charge in [0.05, 0.1) is 17.4 Å². The van der Waals surface area contributed by atoms with Gasteiger partial charge in [-0.15, -0.1) is 0 Å². The monoisotopic (exact) mass is 336 g/mol. The van der Waals surface area contributed by atoms with Gasteiger partial charge in [0.25, 0.3) is 5.91 Å². The molecule has 1 aliphatic rings. The molecule has 1 fully saturated rings. The van der Waals surface area contributed by atoms with Crippen molar-refractivity contribution < 1.29 is 9.53 Å². The van der Waals surface area contributed by atoms with E-state index in [1.165, 1.54) is 6.42 Å². The first kappa shape index (κ1) is 15.6. The van der Waals surface area contributed by atoms with Gasteiger partial charge in [0.15, 0.2) is 5.52 Å². The Kier molecular flexibility index (Phi) is 4.09. The summed E-state index contributed by atoms with van der Waals surface area (Å²) in [6, 6.07) is 9.46. The molecule has 1 aliphatic heterocycles. The van der Waals surface area contributed by atoms with Crippen LogP contribution in [0, 0.1) is 0 Å². The minimum Gasteiger partial charge on any atom is -0.437 e. The van der Waals surface area contributed by atoms with Crippen LogP contribution in [0.15, 0.2) is 42.9 Å². The van der Waals surface area contributed by atoms with Gasteiger partial charge in [0, 0.05) is 26.3 Å². The second-order valence-corrected chi connectivity index (χ2v) is 6.30. The fourth-order valence-electron chi connectivity index (χ4n) is 3.25. The van der Waals surface area contributed by atoms with Crippen molar-refractivity contribution in [3.8, 4) is 11.6 Å². The number of amides is 1. The van der Waals surface area contributed by atoms with E-state index in [1.807, 2.05) is 46.8 Å². The number of aryl methyl sites for hydroxylation is 1. The predicted molar refractivity (Wildman–Crippen MR) is 94.8 cm³/mol. The molecule has 128 valence electrons. The topological polar surface area (TPSA) is 60.2 Å². The van der Waals surface area contributed by atoms with E-state index in [1.54, 1.807) is 12.5 Å². The van der Waals surface area contributed by atoms with Crippen LogP contribution in [0.2, 0.25) is 0 Å². The Hall–Kier alpha value is -2.89. The van der Waals surface area contributed by atoms with E-state index in [9.17, 15) is 4.79 Å². The van der Waals surface area contributed by atoms with Gasteiger partial charge in [0.1, 0.15) is 5.75 Å². The number of rotatable bonds is 3. The van der Waals surface area contributed by atoms with Crippen molar-refractivity contribution in [2.24, 2.45) is 7.05 Å². The quantitative estimate of drug-likeness (QED) is 0.735. The predicted octanol–water partition coefficient (Wildman–Crippen LogP) is 3.39. The highest BCUT2D eigenvalue weighted by Gasteiger charge is 2.24. The van der Waals surface area contributed by atoms with E-state index in [0.717, 1.165) is 31.4 Å². The maximum Gasteiger partial charge on any atom is 0.257 e. The lowest BCUT2D eigenvalue weighted by atomic mass is 10.1. The molecule has 0 atom stereocenters. The Balaban J connectivity index is 1.73. The van der Waals surface area contributed by atoms with E-state index in [2.05, 4.69) is 9.97 Å². The minimum atomic E-state index is 0.0204. The van der Waals surface area contributed by atoms with Gasteiger partial charge >= 0.3 is 0 Å². The zero-order valence-electron chi connectivity index (χ0n) is 14.2. The van der Waals surface area contributed by atoms with Gasteiger partial charge in [0.2, 0.25) is 5.88 Å². The van der Waals surface area contributed by atoms with Crippen molar-refractivity contribution in [1.82, 2.24) is 19.4 Å². The summed E-state index contributed by atoms with van der Waals surface area (Å²) in [4.78, 5) is 23.6. The number of ether oxygens (including phenoxy) is 1. The Labute approximate surface area is 146 Å². The number of benzene rings is 1. The fraction of sp³-hybridized carbons (Fsp3) is 0.316. The van der Waals surface area contributed by atoms with Crippen LogP contribution in [0.4, 0.5) is 0 Å². The Morgan fingerprint density at radius 2 is 1.84 bits per heavy atom. The average Bonchev–Trinajstić information content (AvgIpc) is 3.06. The van der Waals surface area contributed by atoms with E-state index < -0.39 is 0 Å². The first-order chi connectivity index (χ1) is 12.2. The van der Waals surface area contributed by atoms with Gasteiger partial charge in [-0.05, 0) is 31.4 Å². The summed E-state index contributed by atoms with van der Waals surface area (Å²) in [7, 11) is 1.88. The molecule has 0 radical (unpaired) electrons. The number of carbonyl (C=O) groups is 1. The highest BCUT2D eigenvalue weighted by Crippen LogP contribution is 2.29. The lowest BCUT2D eigenvalue weighted by Gasteiger charge is -2.27. The van der Waals surface area contributed by atoms with E-state index in [0.29, 0.717) is 22.7 Å². The zero-order valence-corrected chi connectivity index (χ0v) is 14.2. The average molecular weight is 336 g/mol. The van der Waals surface area contributed by atoms with Gasteiger partial charge in [-0.25, -0.2) is 9.97 Å². The van der Waals surface area contributed by atoms with Crippen molar-refractivity contribution in [1.29, 1.82) is 0 Å². The highest BCUT2D eigenvalue weighted by atomic mass is 16.5. The van der Waals surface area contributed by atoms with Crippen LogP contribution < -0.4 is 4.74 Å². The smallest absolute Gasteiger partial charge is 0.257 e. The van der Waals surface area contributed by atoms with Crippen molar-refractivity contribution in [3.05, 3.63) is 48.4 Å². The number of fused-ring (bicyclic) bond motifs is 1. The number of hydrogen-bond acceptors (Lipinski definition) is 4. The lowest BCUT2D eigenvalue weighted by Crippen LogP contribution is -2.35. The molecular weight excluding hydrogens is 316 g/mol. The third-order valence-electron chi connectivity index (χ3n) is 4.54. The molecule has 0 N–H and O–H groups in total. The summed E-state index contributed by atoms with van der Waals surface area (Å²) in [5, 5.41) is 0. The summed E-state index contributed by atoms with van der Waals surface area (Å²) >= 11 is 0. The molecule has 0 spiro atoms. The molecule has 4 rings (SSSR count). The Bertz CT molecular complexity index is 898. The molecule has 0 unspecified atom stereocenters. The molecule has 0 aliphatic carbocycles. The molecule has 3 aromatic rings. The number of piperidine rings is 1. The standard InChI is InChI=1S/C19H20N4O2/c1-22-13-21-16-17(22)15(19(24)23-10-6-3-7-11-23)12-20-18(16)25-14-8-4-2-5-9-14/h2,4-5,8-9,12-13H,3,6-7,10-11H2,1H3. The van der Waals surface area contributed by atoms with Crippen molar-refractivity contribution >= 4 is 16.9 Å². The summed E-state index contributed by atoms with van der Waals surface area (Å²) in [5.74, 6) is 1.13. The molecule has 6 nitrogen and oxygen atoms in total. The molecule has 25 heavy (non-hydrogen) atoms. The van der Waals surface area contributed by atoms with E-state index in [4.69, 9.17) is 4.74 Å². The fourth-order valence-corrected chi connectivity index (χ4v) is 3.25. The van der Waals surface area contributed by atoms with Crippen LogP contribution in [0.3, 0.4) is 0 Å². The third-order valence-corrected chi connectivity index (χ3v) is 4.54. The Morgan fingerprint density at radius 3 is 2.60 bits per heavy atom. The van der Waals surface area contributed by atoms with Gasteiger partial charge in [-0.2, -0.15) is 0 Å². The Morgan fingerprint density at radius 1 is 1.08 bits per heavy atom. The van der Waals surface area contributed by atoms with Gasteiger partial charge in [-0.1, -0.05) is 18.2 Å². The minimum absolute atomic E-state index is 0.0204. The summed E-state index contributed by atoms with van der Waals surface area (Å²) in [6.45, 7) is 1.61. The highest BCUT2D eigenvalue weighted by molar-refractivity contribution is 6.05. The SMILES string of the molecule is Cn1cnc2c(Oc3ccccc3)ncc(C(=O)N3CCCCC3)c21. The number of hydrogen-bond donors (Lipinski definition) is 0. The van der Waals surface area contributed by atoms with Crippen molar-refractivity contribution in [3.63, 3.8) is 0 Å². The molecule has 6 heteroatoms. The molecule has 0 bridgehead atoms. The molecule has 3 heterocycles. The zero-order chi connectivity index (χ0) is 17.2. The number of carbonyl (C=O) groups excluding carboxylic acids is 1. The molecule has 1 amide bonds. The second kappa shape index (κ2) is 6.55. The van der Waals surface area contributed by atoms with Crippen LogP contribution in [-0.4, -0.2) is 38.4 Å². The number of aromatic nitrogens is 3. The van der Waals surface area contributed by atoms with Crippen LogP contribution in [0.5, 0.6) is 11.6 Å². The molecule has 1 aromatic carbocycles. The number of para-hydroxylation sites is 1. The van der Waals surface area contributed by atoms with Crippen LogP contribution in [0.25, 0.3) is 11.0 Å².